The van der Waals surface area contributed by atoms with Crippen LogP contribution in [-0.2, 0) is 23.8 Å². The van der Waals surface area contributed by atoms with E-state index in [1.807, 2.05) is 0 Å². The lowest BCUT2D eigenvalue weighted by molar-refractivity contribution is -0.150. The summed E-state index contributed by atoms with van der Waals surface area (Å²) >= 11 is 0. The zero-order chi connectivity index (χ0) is 16.0. The van der Waals surface area contributed by atoms with E-state index in [0.717, 1.165) is 12.8 Å². The molecule has 1 rings (SSSR count). The standard InChI is InChI=1S/C17H30O5/c1-2-3-4-5-6-7-8-9-12-20-16(18)10-11-17(19)22-14-15-13-21-15/h15H,2-14H2,1H3. The van der Waals surface area contributed by atoms with Gasteiger partial charge in [0, 0.05) is 0 Å². The maximum absolute atomic E-state index is 11.5. The predicted octanol–water partition coefficient (Wildman–Crippen LogP) is 3.39. The number of ether oxygens (including phenoxy) is 3. The first-order chi connectivity index (χ1) is 10.7. The van der Waals surface area contributed by atoms with Crippen molar-refractivity contribution in [1.29, 1.82) is 0 Å². The molecule has 1 heterocycles. The summed E-state index contributed by atoms with van der Waals surface area (Å²) in [4.78, 5) is 22.8. The van der Waals surface area contributed by atoms with Crippen LogP contribution in [0.4, 0.5) is 0 Å². The normalized spacial score (nSPS) is 16.3. The van der Waals surface area contributed by atoms with Crippen LogP contribution in [-0.4, -0.2) is 37.9 Å². The summed E-state index contributed by atoms with van der Waals surface area (Å²) in [7, 11) is 0. The van der Waals surface area contributed by atoms with Crippen LogP contribution in [0.2, 0.25) is 0 Å². The molecule has 1 fully saturated rings. The highest BCUT2D eigenvalue weighted by Gasteiger charge is 2.24. The Hall–Kier alpha value is -1.10. The third-order valence-electron chi connectivity index (χ3n) is 3.63. The van der Waals surface area contributed by atoms with Crippen LogP contribution in [0.3, 0.4) is 0 Å². The number of carbonyl (C=O) groups excluding carboxylic acids is 2. The highest BCUT2D eigenvalue weighted by Crippen LogP contribution is 2.10. The molecule has 0 N–H and O–H groups in total. The summed E-state index contributed by atoms with van der Waals surface area (Å²) in [6.07, 6.45) is 9.97. The predicted molar refractivity (Wildman–Crippen MR) is 83.5 cm³/mol. The molecule has 0 amide bonds. The van der Waals surface area contributed by atoms with Crippen molar-refractivity contribution in [2.24, 2.45) is 0 Å². The molecule has 128 valence electrons. The molecule has 0 aromatic carbocycles. The van der Waals surface area contributed by atoms with Crippen molar-refractivity contribution in [3.8, 4) is 0 Å². The highest BCUT2D eigenvalue weighted by atomic mass is 16.6. The molecule has 1 unspecified atom stereocenters. The second kappa shape index (κ2) is 12.4. The van der Waals surface area contributed by atoms with Crippen molar-refractivity contribution in [3.63, 3.8) is 0 Å². The molecule has 0 spiro atoms. The first-order valence-electron chi connectivity index (χ1n) is 8.65. The van der Waals surface area contributed by atoms with E-state index in [9.17, 15) is 9.59 Å². The van der Waals surface area contributed by atoms with Crippen LogP contribution in [0, 0.1) is 0 Å². The van der Waals surface area contributed by atoms with Crippen LogP contribution in [0.1, 0.15) is 71.1 Å². The van der Waals surface area contributed by atoms with Crippen LogP contribution >= 0.6 is 0 Å². The van der Waals surface area contributed by atoms with Gasteiger partial charge in [0.25, 0.3) is 0 Å². The third kappa shape index (κ3) is 11.5. The number of hydrogen-bond donors (Lipinski definition) is 0. The fourth-order valence-electron chi connectivity index (χ4n) is 2.12. The Bertz CT molecular complexity index is 312. The van der Waals surface area contributed by atoms with E-state index in [1.165, 1.54) is 38.5 Å². The molecule has 1 aliphatic heterocycles. The van der Waals surface area contributed by atoms with Crippen LogP contribution in [0.25, 0.3) is 0 Å². The van der Waals surface area contributed by atoms with Gasteiger partial charge in [0.2, 0.25) is 0 Å². The molecule has 0 saturated carbocycles. The lowest BCUT2D eigenvalue weighted by atomic mass is 10.1. The molecule has 0 aliphatic carbocycles. The Morgan fingerprint density at radius 2 is 1.45 bits per heavy atom. The van der Waals surface area contributed by atoms with Crippen molar-refractivity contribution in [2.45, 2.75) is 77.2 Å². The van der Waals surface area contributed by atoms with Gasteiger partial charge in [0.1, 0.15) is 12.7 Å². The molecular formula is C17H30O5. The lowest BCUT2D eigenvalue weighted by Gasteiger charge is -2.05. The summed E-state index contributed by atoms with van der Waals surface area (Å²) in [5.74, 6) is -0.679. The zero-order valence-electron chi connectivity index (χ0n) is 13.8. The number of hydrogen-bond acceptors (Lipinski definition) is 5. The third-order valence-corrected chi connectivity index (χ3v) is 3.63. The van der Waals surface area contributed by atoms with Gasteiger partial charge in [0.05, 0.1) is 26.1 Å². The van der Waals surface area contributed by atoms with Crippen molar-refractivity contribution < 1.29 is 23.8 Å². The lowest BCUT2D eigenvalue weighted by Crippen LogP contribution is -2.13. The monoisotopic (exact) mass is 314 g/mol. The van der Waals surface area contributed by atoms with Crippen molar-refractivity contribution >= 4 is 11.9 Å². The van der Waals surface area contributed by atoms with Crippen LogP contribution in [0.15, 0.2) is 0 Å². The number of carbonyl (C=O) groups is 2. The zero-order valence-corrected chi connectivity index (χ0v) is 13.8. The molecule has 0 aromatic rings. The van der Waals surface area contributed by atoms with Gasteiger partial charge in [-0.3, -0.25) is 9.59 Å². The van der Waals surface area contributed by atoms with Gasteiger partial charge in [0.15, 0.2) is 0 Å². The first kappa shape index (κ1) is 18.9. The molecule has 5 nitrogen and oxygen atoms in total. The van der Waals surface area contributed by atoms with E-state index in [1.54, 1.807) is 0 Å². The van der Waals surface area contributed by atoms with Gasteiger partial charge in [-0.05, 0) is 6.42 Å². The van der Waals surface area contributed by atoms with Gasteiger partial charge in [-0.25, -0.2) is 0 Å². The number of esters is 2. The maximum Gasteiger partial charge on any atom is 0.306 e. The molecular weight excluding hydrogens is 284 g/mol. The van der Waals surface area contributed by atoms with Crippen LogP contribution in [0.5, 0.6) is 0 Å². The average Bonchev–Trinajstić information content (AvgIpc) is 3.33. The Balaban J connectivity index is 1.81. The molecule has 1 atom stereocenters. The van der Waals surface area contributed by atoms with E-state index >= 15 is 0 Å². The molecule has 22 heavy (non-hydrogen) atoms. The fourth-order valence-corrected chi connectivity index (χ4v) is 2.12. The minimum Gasteiger partial charge on any atom is -0.466 e. The Kier molecular flexibility index (Phi) is 10.7. The minimum atomic E-state index is -0.362. The molecule has 0 aromatic heterocycles. The molecule has 5 heteroatoms. The molecule has 0 radical (unpaired) electrons. The van der Waals surface area contributed by atoms with Crippen molar-refractivity contribution in [1.82, 2.24) is 0 Å². The minimum absolute atomic E-state index is 0.0675. The largest absolute Gasteiger partial charge is 0.466 e. The Morgan fingerprint density at radius 3 is 2.05 bits per heavy atom. The van der Waals surface area contributed by atoms with E-state index in [4.69, 9.17) is 14.2 Å². The summed E-state index contributed by atoms with van der Waals surface area (Å²) in [6.45, 7) is 3.63. The smallest absolute Gasteiger partial charge is 0.306 e. The SMILES string of the molecule is CCCCCCCCCCOC(=O)CCC(=O)OCC1CO1. The van der Waals surface area contributed by atoms with E-state index in [-0.39, 0.29) is 30.9 Å². The number of epoxide rings is 1. The van der Waals surface area contributed by atoms with Crippen molar-refractivity contribution in [3.05, 3.63) is 0 Å². The maximum atomic E-state index is 11.5. The summed E-state index contributed by atoms with van der Waals surface area (Å²) in [5.41, 5.74) is 0. The summed E-state index contributed by atoms with van der Waals surface area (Å²) in [6, 6.07) is 0. The molecule has 0 bridgehead atoms. The van der Waals surface area contributed by atoms with Gasteiger partial charge in [-0.2, -0.15) is 0 Å². The summed E-state index contributed by atoms with van der Waals surface area (Å²) in [5, 5.41) is 0. The van der Waals surface area contributed by atoms with Crippen LogP contribution < -0.4 is 0 Å². The fraction of sp³-hybridized carbons (Fsp3) is 0.882. The number of unbranched alkanes of at least 4 members (excludes halogenated alkanes) is 7. The Morgan fingerprint density at radius 1 is 0.909 bits per heavy atom. The highest BCUT2D eigenvalue weighted by molar-refractivity contribution is 5.77. The second-order valence-electron chi connectivity index (χ2n) is 5.83. The molecule has 1 aliphatic rings. The topological polar surface area (TPSA) is 65.1 Å². The van der Waals surface area contributed by atoms with Gasteiger partial charge in [-0.15, -0.1) is 0 Å². The average molecular weight is 314 g/mol. The number of rotatable bonds is 14. The van der Waals surface area contributed by atoms with E-state index in [0.29, 0.717) is 19.8 Å². The van der Waals surface area contributed by atoms with Crippen molar-refractivity contribution in [2.75, 3.05) is 19.8 Å². The van der Waals surface area contributed by atoms with E-state index in [2.05, 4.69) is 6.92 Å². The van der Waals surface area contributed by atoms with Gasteiger partial charge in [-0.1, -0.05) is 51.9 Å². The van der Waals surface area contributed by atoms with Gasteiger partial charge >= 0.3 is 11.9 Å². The second-order valence-corrected chi connectivity index (χ2v) is 5.83. The summed E-state index contributed by atoms with van der Waals surface area (Å²) < 4.78 is 15.0. The quantitative estimate of drug-likeness (QED) is 0.279. The van der Waals surface area contributed by atoms with Gasteiger partial charge < -0.3 is 14.2 Å². The molecule has 1 saturated heterocycles. The Labute approximate surface area is 133 Å². The first-order valence-corrected chi connectivity index (χ1v) is 8.65. The van der Waals surface area contributed by atoms with E-state index < -0.39 is 0 Å².